The molecule has 94 valence electrons. The summed E-state index contributed by atoms with van der Waals surface area (Å²) in [4.78, 5) is 13.6. The summed E-state index contributed by atoms with van der Waals surface area (Å²) >= 11 is 0. The van der Waals surface area contributed by atoms with Crippen molar-refractivity contribution in [3.63, 3.8) is 0 Å². The van der Waals surface area contributed by atoms with Gasteiger partial charge in [0.15, 0.2) is 0 Å². The van der Waals surface area contributed by atoms with Crippen LogP contribution in [0.4, 0.5) is 0 Å². The quantitative estimate of drug-likeness (QED) is 0.783. The van der Waals surface area contributed by atoms with E-state index in [0.29, 0.717) is 25.2 Å². The first-order chi connectivity index (χ1) is 7.27. The molecule has 0 unspecified atom stereocenters. The molecule has 4 nitrogen and oxygen atoms in total. The summed E-state index contributed by atoms with van der Waals surface area (Å²) in [6, 6.07) is 0.503. The van der Waals surface area contributed by atoms with E-state index in [2.05, 4.69) is 5.32 Å². The van der Waals surface area contributed by atoms with Crippen molar-refractivity contribution in [1.82, 2.24) is 10.2 Å². The highest BCUT2D eigenvalue weighted by atomic mass is 35.5. The van der Waals surface area contributed by atoms with Gasteiger partial charge in [0.05, 0.1) is 19.1 Å². The summed E-state index contributed by atoms with van der Waals surface area (Å²) in [5.74, 6) is 0.229. The number of carbonyl (C=O) groups is 1. The Morgan fingerprint density at radius 3 is 2.56 bits per heavy atom. The van der Waals surface area contributed by atoms with Crippen LogP contribution in [0.5, 0.6) is 0 Å². The number of hydrogen-bond acceptors (Lipinski definition) is 3. The highest BCUT2D eigenvalue weighted by Gasteiger charge is 2.25. The second kappa shape index (κ2) is 6.42. The molecule has 2 rings (SSSR count). The molecular weight excluding hydrogens is 228 g/mol. The summed E-state index contributed by atoms with van der Waals surface area (Å²) < 4.78 is 5.52. The summed E-state index contributed by atoms with van der Waals surface area (Å²) in [5, 5.41) is 3.14. The lowest BCUT2D eigenvalue weighted by Gasteiger charge is -2.35. The summed E-state index contributed by atoms with van der Waals surface area (Å²) in [7, 11) is 1.91. The third-order valence-corrected chi connectivity index (χ3v) is 3.43. The van der Waals surface area contributed by atoms with Crippen molar-refractivity contribution in [2.75, 3.05) is 26.7 Å². The first-order valence-corrected chi connectivity index (χ1v) is 5.85. The molecule has 1 amide bonds. The fourth-order valence-corrected chi connectivity index (χ4v) is 1.85. The van der Waals surface area contributed by atoms with E-state index in [1.807, 2.05) is 11.9 Å². The largest absolute Gasteiger partial charge is 0.375 e. The van der Waals surface area contributed by atoms with E-state index in [4.69, 9.17) is 4.74 Å². The van der Waals surface area contributed by atoms with E-state index in [0.717, 1.165) is 13.1 Å². The van der Waals surface area contributed by atoms with Gasteiger partial charge in [0, 0.05) is 26.2 Å². The lowest BCUT2D eigenvalue weighted by Crippen LogP contribution is -2.49. The molecule has 0 radical (unpaired) electrons. The fourth-order valence-electron chi connectivity index (χ4n) is 1.85. The minimum atomic E-state index is 0. The predicted molar refractivity (Wildman–Crippen MR) is 64.9 cm³/mol. The molecule has 5 heteroatoms. The average Bonchev–Trinajstić information content (AvgIpc) is 2.05. The van der Waals surface area contributed by atoms with Crippen molar-refractivity contribution in [3.8, 4) is 0 Å². The maximum Gasteiger partial charge on any atom is 0.224 e. The van der Waals surface area contributed by atoms with E-state index in [-0.39, 0.29) is 18.3 Å². The zero-order valence-corrected chi connectivity index (χ0v) is 10.6. The Morgan fingerprint density at radius 1 is 1.44 bits per heavy atom. The number of rotatable bonds is 5. The summed E-state index contributed by atoms with van der Waals surface area (Å²) in [6.45, 7) is 2.45. The molecule has 0 atom stereocenters. The van der Waals surface area contributed by atoms with E-state index in [1.165, 1.54) is 19.3 Å². The predicted octanol–water partition coefficient (Wildman–Crippen LogP) is 0.798. The molecule has 1 aliphatic carbocycles. The monoisotopic (exact) mass is 248 g/mol. The number of carbonyl (C=O) groups excluding carboxylic acids is 1. The van der Waals surface area contributed by atoms with Gasteiger partial charge in [0.2, 0.25) is 5.91 Å². The number of ether oxygens (including phenoxy) is 1. The van der Waals surface area contributed by atoms with E-state index < -0.39 is 0 Å². The maximum absolute atomic E-state index is 11.7. The molecule has 0 aromatic carbocycles. The molecule has 1 saturated heterocycles. The fraction of sp³-hybridized carbons (Fsp3) is 0.909. The van der Waals surface area contributed by atoms with Gasteiger partial charge in [-0.2, -0.15) is 0 Å². The van der Waals surface area contributed by atoms with Gasteiger partial charge in [-0.15, -0.1) is 12.4 Å². The normalized spacial score (nSPS) is 20.6. The second-order valence-electron chi connectivity index (χ2n) is 4.49. The van der Waals surface area contributed by atoms with Crippen LogP contribution in [0.3, 0.4) is 0 Å². The van der Waals surface area contributed by atoms with Crippen molar-refractivity contribution in [2.24, 2.45) is 0 Å². The van der Waals surface area contributed by atoms with Crippen LogP contribution >= 0.6 is 12.4 Å². The topological polar surface area (TPSA) is 41.6 Å². The third-order valence-electron chi connectivity index (χ3n) is 3.43. The zero-order valence-electron chi connectivity index (χ0n) is 9.78. The van der Waals surface area contributed by atoms with Crippen molar-refractivity contribution >= 4 is 18.3 Å². The highest BCUT2D eigenvalue weighted by Crippen LogP contribution is 2.23. The minimum absolute atomic E-state index is 0. The van der Waals surface area contributed by atoms with Crippen LogP contribution in [-0.4, -0.2) is 49.7 Å². The summed E-state index contributed by atoms with van der Waals surface area (Å²) in [5.41, 5.74) is 0. The zero-order chi connectivity index (χ0) is 10.7. The van der Waals surface area contributed by atoms with Crippen molar-refractivity contribution in [3.05, 3.63) is 0 Å². The van der Waals surface area contributed by atoms with E-state index in [9.17, 15) is 4.79 Å². The van der Waals surface area contributed by atoms with Crippen LogP contribution in [-0.2, 0) is 9.53 Å². The first kappa shape index (κ1) is 13.7. The molecule has 0 aromatic heterocycles. The molecule has 1 saturated carbocycles. The lowest BCUT2D eigenvalue weighted by atomic mass is 9.92. The molecule has 2 aliphatic rings. The van der Waals surface area contributed by atoms with Crippen LogP contribution < -0.4 is 5.32 Å². The van der Waals surface area contributed by atoms with E-state index in [1.54, 1.807) is 0 Å². The van der Waals surface area contributed by atoms with Crippen LogP contribution in [0.25, 0.3) is 0 Å². The standard InChI is InChI=1S/C11H20N2O2.ClH/c1-13(9-3-2-4-9)11(14)5-6-15-10-7-12-8-10;/h9-10,12H,2-8H2,1H3;1H. The Bertz CT molecular complexity index is 230. The molecule has 1 aliphatic heterocycles. The number of halogens is 1. The SMILES string of the molecule is CN(C(=O)CCOC1CNC1)C1CCC1.Cl. The van der Waals surface area contributed by atoms with Crippen molar-refractivity contribution < 1.29 is 9.53 Å². The third kappa shape index (κ3) is 3.34. The Balaban J connectivity index is 0.00000128. The number of amides is 1. The van der Waals surface area contributed by atoms with E-state index >= 15 is 0 Å². The Hall–Kier alpha value is -0.320. The van der Waals surface area contributed by atoms with Gasteiger partial charge in [-0.25, -0.2) is 0 Å². The molecule has 1 heterocycles. The number of hydrogen-bond donors (Lipinski definition) is 1. The van der Waals surface area contributed by atoms with Crippen LogP contribution in [0.1, 0.15) is 25.7 Å². The molecule has 1 N–H and O–H groups in total. The molecule has 0 bridgehead atoms. The molecular formula is C11H21ClN2O2. The second-order valence-corrected chi connectivity index (χ2v) is 4.49. The van der Waals surface area contributed by atoms with Gasteiger partial charge in [0.1, 0.15) is 0 Å². The molecule has 0 spiro atoms. The molecule has 0 aromatic rings. The summed E-state index contributed by atoms with van der Waals surface area (Å²) in [6.07, 6.45) is 4.49. The van der Waals surface area contributed by atoms with Gasteiger partial charge >= 0.3 is 0 Å². The Kier molecular flexibility index (Phi) is 5.52. The van der Waals surface area contributed by atoms with Crippen LogP contribution in [0.15, 0.2) is 0 Å². The maximum atomic E-state index is 11.7. The minimum Gasteiger partial charge on any atom is -0.375 e. The first-order valence-electron chi connectivity index (χ1n) is 5.85. The van der Waals surface area contributed by atoms with Crippen molar-refractivity contribution in [2.45, 2.75) is 37.8 Å². The van der Waals surface area contributed by atoms with Crippen molar-refractivity contribution in [1.29, 1.82) is 0 Å². The number of nitrogens with one attached hydrogen (secondary N) is 1. The lowest BCUT2D eigenvalue weighted by molar-refractivity contribution is -0.135. The molecule has 2 fully saturated rings. The number of nitrogens with zero attached hydrogens (tertiary/aromatic N) is 1. The Labute approximate surface area is 103 Å². The average molecular weight is 249 g/mol. The van der Waals surface area contributed by atoms with Gasteiger partial charge < -0.3 is 15.0 Å². The smallest absolute Gasteiger partial charge is 0.224 e. The molecule has 16 heavy (non-hydrogen) atoms. The Morgan fingerprint density at radius 2 is 2.12 bits per heavy atom. The highest BCUT2D eigenvalue weighted by molar-refractivity contribution is 5.85. The van der Waals surface area contributed by atoms with Gasteiger partial charge in [-0.1, -0.05) is 0 Å². The van der Waals surface area contributed by atoms with Gasteiger partial charge in [-0.05, 0) is 19.3 Å². The van der Waals surface area contributed by atoms with Gasteiger partial charge in [0.25, 0.3) is 0 Å². The van der Waals surface area contributed by atoms with Gasteiger partial charge in [-0.3, -0.25) is 4.79 Å². The van der Waals surface area contributed by atoms with Crippen LogP contribution in [0.2, 0.25) is 0 Å². The van der Waals surface area contributed by atoms with Crippen LogP contribution in [0, 0.1) is 0 Å².